The lowest BCUT2D eigenvalue weighted by Gasteiger charge is -2.31. The summed E-state index contributed by atoms with van der Waals surface area (Å²) < 4.78 is 5.35. The van der Waals surface area contributed by atoms with Gasteiger partial charge in [-0.3, -0.25) is 0 Å². The monoisotopic (exact) mass is 206 g/mol. The molecule has 1 fully saturated rings. The quantitative estimate of drug-likeness (QED) is 0.792. The number of anilines is 1. The van der Waals surface area contributed by atoms with Gasteiger partial charge in [-0.15, -0.1) is 0 Å². The highest BCUT2D eigenvalue weighted by Crippen LogP contribution is 2.23. The third-order valence-corrected chi connectivity index (χ3v) is 2.94. The van der Waals surface area contributed by atoms with Gasteiger partial charge in [0, 0.05) is 25.3 Å². The molecule has 0 unspecified atom stereocenters. The molecule has 82 valence electrons. The number of rotatable bonds is 2. The molecule has 2 rings (SSSR count). The number of hydrogen-bond acceptors (Lipinski definition) is 3. The number of ether oxygens (including phenoxy) is 1. The second kappa shape index (κ2) is 4.64. The molecule has 0 bridgehead atoms. The summed E-state index contributed by atoms with van der Waals surface area (Å²) in [6.45, 7) is 6.30. The van der Waals surface area contributed by atoms with E-state index in [0.29, 0.717) is 6.54 Å². The molecule has 1 aliphatic heterocycles. The van der Waals surface area contributed by atoms with E-state index in [9.17, 15) is 0 Å². The van der Waals surface area contributed by atoms with Gasteiger partial charge in [0.2, 0.25) is 0 Å². The molecule has 1 heterocycles. The molecule has 0 saturated carbocycles. The van der Waals surface area contributed by atoms with E-state index in [-0.39, 0.29) is 0 Å². The lowest BCUT2D eigenvalue weighted by molar-refractivity contribution is 0.122. The molecule has 1 aromatic carbocycles. The van der Waals surface area contributed by atoms with Crippen molar-refractivity contribution in [2.75, 3.05) is 31.2 Å². The van der Waals surface area contributed by atoms with E-state index in [1.807, 2.05) is 0 Å². The van der Waals surface area contributed by atoms with Crippen molar-refractivity contribution < 1.29 is 4.74 Å². The van der Waals surface area contributed by atoms with Crippen molar-refractivity contribution in [2.45, 2.75) is 13.5 Å². The average molecular weight is 206 g/mol. The Bertz CT molecular complexity index is 332. The molecule has 3 nitrogen and oxygen atoms in total. The van der Waals surface area contributed by atoms with Crippen molar-refractivity contribution >= 4 is 5.69 Å². The molecule has 15 heavy (non-hydrogen) atoms. The molecule has 1 saturated heterocycles. The van der Waals surface area contributed by atoms with Gasteiger partial charge in [-0.25, -0.2) is 0 Å². The number of aryl methyl sites for hydroxylation is 1. The van der Waals surface area contributed by atoms with Crippen LogP contribution in [0.2, 0.25) is 0 Å². The van der Waals surface area contributed by atoms with Crippen LogP contribution in [0.5, 0.6) is 0 Å². The van der Waals surface area contributed by atoms with E-state index < -0.39 is 0 Å². The molecule has 0 aromatic heterocycles. The van der Waals surface area contributed by atoms with Crippen LogP contribution in [-0.4, -0.2) is 26.3 Å². The SMILES string of the molecule is Cc1cccc(N2CCOCC2)c1CN. The van der Waals surface area contributed by atoms with Gasteiger partial charge in [-0.2, -0.15) is 0 Å². The summed E-state index contributed by atoms with van der Waals surface area (Å²) in [6.07, 6.45) is 0. The number of nitrogens with zero attached hydrogens (tertiary/aromatic N) is 1. The van der Waals surface area contributed by atoms with Gasteiger partial charge in [0.25, 0.3) is 0 Å². The van der Waals surface area contributed by atoms with Crippen molar-refractivity contribution in [2.24, 2.45) is 5.73 Å². The van der Waals surface area contributed by atoms with Crippen LogP contribution < -0.4 is 10.6 Å². The normalized spacial score (nSPS) is 16.8. The Morgan fingerprint density at radius 3 is 2.73 bits per heavy atom. The first-order chi connectivity index (χ1) is 7.33. The van der Waals surface area contributed by atoms with Crippen LogP contribution in [0.15, 0.2) is 18.2 Å². The Balaban J connectivity index is 2.29. The zero-order chi connectivity index (χ0) is 10.7. The third kappa shape index (κ3) is 2.13. The van der Waals surface area contributed by atoms with Gasteiger partial charge in [-0.1, -0.05) is 12.1 Å². The van der Waals surface area contributed by atoms with Crippen LogP contribution in [0, 0.1) is 6.92 Å². The summed E-state index contributed by atoms with van der Waals surface area (Å²) in [4.78, 5) is 2.36. The molecule has 0 atom stereocenters. The van der Waals surface area contributed by atoms with Crippen molar-refractivity contribution in [3.63, 3.8) is 0 Å². The molecule has 2 N–H and O–H groups in total. The van der Waals surface area contributed by atoms with E-state index in [1.54, 1.807) is 0 Å². The molecule has 1 aromatic rings. The molecular weight excluding hydrogens is 188 g/mol. The first-order valence-corrected chi connectivity index (χ1v) is 5.44. The highest BCUT2D eigenvalue weighted by molar-refractivity contribution is 5.56. The molecule has 0 radical (unpaired) electrons. The van der Waals surface area contributed by atoms with Crippen LogP contribution in [-0.2, 0) is 11.3 Å². The van der Waals surface area contributed by atoms with Crippen molar-refractivity contribution in [3.05, 3.63) is 29.3 Å². The molecule has 0 spiro atoms. The summed E-state index contributed by atoms with van der Waals surface area (Å²) in [5.41, 5.74) is 9.62. The van der Waals surface area contributed by atoms with Crippen LogP contribution in [0.25, 0.3) is 0 Å². The van der Waals surface area contributed by atoms with Crippen LogP contribution in [0.1, 0.15) is 11.1 Å². The van der Waals surface area contributed by atoms with Crippen LogP contribution in [0.3, 0.4) is 0 Å². The second-order valence-corrected chi connectivity index (χ2v) is 3.88. The Hall–Kier alpha value is -1.06. The highest BCUT2D eigenvalue weighted by atomic mass is 16.5. The van der Waals surface area contributed by atoms with Crippen LogP contribution in [0.4, 0.5) is 5.69 Å². The van der Waals surface area contributed by atoms with E-state index in [1.165, 1.54) is 16.8 Å². The summed E-state index contributed by atoms with van der Waals surface area (Å²) in [6, 6.07) is 6.37. The lowest BCUT2D eigenvalue weighted by atomic mass is 10.1. The van der Waals surface area contributed by atoms with Gasteiger partial charge in [0.1, 0.15) is 0 Å². The van der Waals surface area contributed by atoms with Gasteiger partial charge in [0.05, 0.1) is 13.2 Å². The molecular formula is C12H18N2O. The predicted octanol–water partition coefficient (Wildman–Crippen LogP) is 1.29. The Morgan fingerprint density at radius 2 is 2.07 bits per heavy atom. The number of nitrogens with two attached hydrogens (primary N) is 1. The molecule has 3 heteroatoms. The number of benzene rings is 1. The fourth-order valence-electron chi connectivity index (χ4n) is 2.05. The summed E-state index contributed by atoms with van der Waals surface area (Å²) in [7, 11) is 0. The molecule has 0 aliphatic carbocycles. The maximum atomic E-state index is 5.80. The van der Waals surface area contributed by atoms with Crippen molar-refractivity contribution in [1.29, 1.82) is 0 Å². The predicted molar refractivity (Wildman–Crippen MR) is 62.1 cm³/mol. The summed E-state index contributed by atoms with van der Waals surface area (Å²) >= 11 is 0. The van der Waals surface area contributed by atoms with Gasteiger partial charge < -0.3 is 15.4 Å². The fraction of sp³-hybridized carbons (Fsp3) is 0.500. The smallest absolute Gasteiger partial charge is 0.0642 e. The standard InChI is InChI=1S/C12H18N2O/c1-10-3-2-4-12(11(10)9-13)14-5-7-15-8-6-14/h2-4H,5-9,13H2,1H3. The summed E-state index contributed by atoms with van der Waals surface area (Å²) in [5, 5.41) is 0. The molecule has 1 aliphatic rings. The second-order valence-electron chi connectivity index (χ2n) is 3.88. The van der Waals surface area contributed by atoms with Crippen molar-refractivity contribution in [1.82, 2.24) is 0 Å². The Kier molecular flexibility index (Phi) is 3.23. The first-order valence-electron chi connectivity index (χ1n) is 5.44. The highest BCUT2D eigenvalue weighted by Gasteiger charge is 2.14. The minimum absolute atomic E-state index is 0.610. The number of morpholine rings is 1. The zero-order valence-electron chi connectivity index (χ0n) is 9.20. The average Bonchev–Trinajstić information content (AvgIpc) is 2.30. The first kappa shape index (κ1) is 10.5. The van der Waals surface area contributed by atoms with Gasteiger partial charge in [-0.05, 0) is 24.1 Å². The Labute approximate surface area is 90.8 Å². The minimum atomic E-state index is 0.610. The maximum absolute atomic E-state index is 5.80. The van der Waals surface area contributed by atoms with Gasteiger partial charge >= 0.3 is 0 Å². The van der Waals surface area contributed by atoms with Gasteiger partial charge in [0.15, 0.2) is 0 Å². The topological polar surface area (TPSA) is 38.5 Å². The largest absolute Gasteiger partial charge is 0.378 e. The van der Waals surface area contributed by atoms with Crippen molar-refractivity contribution in [3.8, 4) is 0 Å². The van der Waals surface area contributed by atoms with E-state index in [0.717, 1.165) is 26.3 Å². The number of hydrogen-bond donors (Lipinski definition) is 1. The van der Waals surface area contributed by atoms with E-state index >= 15 is 0 Å². The minimum Gasteiger partial charge on any atom is -0.378 e. The van der Waals surface area contributed by atoms with Crippen LogP contribution >= 0.6 is 0 Å². The Morgan fingerprint density at radius 1 is 1.33 bits per heavy atom. The maximum Gasteiger partial charge on any atom is 0.0642 e. The van der Waals surface area contributed by atoms with E-state index in [2.05, 4.69) is 30.0 Å². The molecule has 0 amide bonds. The summed E-state index contributed by atoms with van der Waals surface area (Å²) in [5.74, 6) is 0. The van der Waals surface area contributed by atoms with E-state index in [4.69, 9.17) is 10.5 Å². The fourth-order valence-corrected chi connectivity index (χ4v) is 2.05. The lowest BCUT2D eigenvalue weighted by Crippen LogP contribution is -2.37. The third-order valence-electron chi connectivity index (χ3n) is 2.94. The zero-order valence-corrected chi connectivity index (χ0v) is 9.20.